The minimum Gasteiger partial charge on any atom is -0.466 e. The van der Waals surface area contributed by atoms with Gasteiger partial charge in [0, 0.05) is 35.6 Å². The van der Waals surface area contributed by atoms with Crippen LogP contribution in [-0.2, 0) is 22.4 Å². The van der Waals surface area contributed by atoms with Crippen molar-refractivity contribution in [2.24, 2.45) is 0 Å². The fourth-order valence-corrected chi connectivity index (χ4v) is 4.07. The van der Waals surface area contributed by atoms with Gasteiger partial charge in [0.15, 0.2) is 0 Å². The van der Waals surface area contributed by atoms with E-state index in [1.54, 1.807) is 12.4 Å². The van der Waals surface area contributed by atoms with Crippen LogP contribution in [-0.4, -0.2) is 32.2 Å². The molecule has 6 nitrogen and oxygen atoms in total. The highest BCUT2D eigenvalue weighted by atomic mass is 16.5. The Morgan fingerprint density at radius 2 is 1.88 bits per heavy atom. The summed E-state index contributed by atoms with van der Waals surface area (Å²) in [5, 5.41) is 5.08. The van der Waals surface area contributed by atoms with Crippen LogP contribution in [0.15, 0.2) is 61.1 Å². The second-order valence-corrected chi connectivity index (χ2v) is 7.65. The van der Waals surface area contributed by atoms with E-state index in [4.69, 9.17) is 9.84 Å². The third kappa shape index (κ3) is 4.54. The second kappa shape index (κ2) is 10.2. The van der Waals surface area contributed by atoms with E-state index >= 15 is 0 Å². The normalized spacial score (nSPS) is 11.1. The van der Waals surface area contributed by atoms with Crippen molar-refractivity contribution in [3.63, 3.8) is 0 Å². The van der Waals surface area contributed by atoms with Crippen molar-refractivity contribution < 1.29 is 9.53 Å². The van der Waals surface area contributed by atoms with Gasteiger partial charge in [0.25, 0.3) is 0 Å². The van der Waals surface area contributed by atoms with Crippen LogP contribution < -0.4 is 0 Å². The van der Waals surface area contributed by atoms with Gasteiger partial charge in [0.05, 0.1) is 29.7 Å². The summed E-state index contributed by atoms with van der Waals surface area (Å²) in [6.45, 7) is 4.39. The quantitative estimate of drug-likeness (QED) is 0.267. The number of fused-ring (bicyclic) bond motifs is 1. The van der Waals surface area contributed by atoms with Crippen molar-refractivity contribution in [2.45, 2.75) is 46.0 Å². The molecule has 0 aliphatic carbocycles. The number of rotatable bonds is 9. The smallest absolute Gasteiger partial charge is 0.305 e. The van der Waals surface area contributed by atoms with Gasteiger partial charge in [0.1, 0.15) is 0 Å². The molecular formula is C26H28N4O2. The van der Waals surface area contributed by atoms with Gasteiger partial charge < -0.3 is 4.74 Å². The first-order chi connectivity index (χ1) is 15.7. The van der Waals surface area contributed by atoms with Crippen LogP contribution in [0.4, 0.5) is 0 Å². The Kier molecular flexibility index (Phi) is 6.90. The Morgan fingerprint density at radius 1 is 1.03 bits per heavy atom. The summed E-state index contributed by atoms with van der Waals surface area (Å²) in [5.41, 5.74) is 7.21. The topological polar surface area (TPSA) is 69.4 Å². The predicted octanol–water partition coefficient (Wildman–Crippen LogP) is 5.30. The van der Waals surface area contributed by atoms with Crippen molar-refractivity contribution in [2.75, 3.05) is 6.61 Å². The van der Waals surface area contributed by atoms with Crippen LogP contribution >= 0.6 is 0 Å². The van der Waals surface area contributed by atoms with Crippen molar-refractivity contribution in [1.29, 1.82) is 0 Å². The SMILES string of the molecule is CCOC(=O)CCCCc1c(-c2ccccc2)nn2c(CC)ccc2c1-c1cnccn1. The zero-order chi connectivity index (χ0) is 22.3. The first-order valence-corrected chi connectivity index (χ1v) is 11.2. The summed E-state index contributed by atoms with van der Waals surface area (Å²) in [5.74, 6) is -0.141. The number of unbranched alkanes of at least 4 members (excludes halogenated alkanes) is 1. The van der Waals surface area contributed by atoms with Gasteiger partial charge >= 0.3 is 5.97 Å². The molecule has 6 heteroatoms. The average Bonchev–Trinajstić information content (AvgIpc) is 3.25. The highest BCUT2D eigenvalue weighted by Crippen LogP contribution is 2.35. The Hall–Kier alpha value is -3.54. The van der Waals surface area contributed by atoms with Crippen molar-refractivity contribution in [3.05, 3.63) is 72.3 Å². The lowest BCUT2D eigenvalue weighted by atomic mass is 9.94. The highest BCUT2D eigenvalue weighted by molar-refractivity contribution is 5.86. The highest BCUT2D eigenvalue weighted by Gasteiger charge is 2.20. The number of aromatic nitrogens is 4. The molecular weight excluding hydrogens is 400 g/mol. The number of carbonyl (C=O) groups excluding carboxylic acids is 1. The molecule has 164 valence electrons. The molecule has 3 heterocycles. The maximum Gasteiger partial charge on any atom is 0.305 e. The maximum atomic E-state index is 11.8. The lowest BCUT2D eigenvalue weighted by molar-refractivity contribution is -0.143. The third-order valence-electron chi connectivity index (χ3n) is 5.57. The molecule has 0 amide bonds. The molecule has 4 rings (SSSR count). The van der Waals surface area contributed by atoms with Crippen LogP contribution in [0.25, 0.3) is 28.0 Å². The number of benzene rings is 1. The Bertz CT molecular complexity index is 1190. The molecule has 0 aliphatic rings. The van der Waals surface area contributed by atoms with Gasteiger partial charge in [-0.2, -0.15) is 5.10 Å². The summed E-state index contributed by atoms with van der Waals surface area (Å²) in [7, 11) is 0. The molecule has 1 aromatic carbocycles. The molecule has 0 fully saturated rings. The molecule has 0 aliphatic heterocycles. The summed E-state index contributed by atoms with van der Waals surface area (Å²) in [4.78, 5) is 20.7. The van der Waals surface area contributed by atoms with E-state index < -0.39 is 0 Å². The zero-order valence-corrected chi connectivity index (χ0v) is 18.6. The minimum atomic E-state index is -0.141. The lowest BCUT2D eigenvalue weighted by Crippen LogP contribution is -2.08. The first kappa shape index (κ1) is 21.7. The van der Waals surface area contributed by atoms with Gasteiger partial charge in [0.2, 0.25) is 0 Å². The average molecular weight is 429 g/mol. The van der Waals surface area contributed by atoms with E-state index in [0.29, 0.717) is 13.0 Å². The standard InChI is InChI=1S/C26H28N4O2/c1-3-20-14-15-23-25(22-18-27-16-17-28-22)21(12-8-9-13-24(31)32-4-2)26(29-30(20)23)19-10-6-5-7-11-19/h5-7,10-11,14-18H,3-4,8-9,12-13H2,1-2H3. The van der Waals surface area contributed by atoms with E-state index in [1.165, 1.54) is 0 Å². The van der Waals surface area contributed by atoms with Crippen LogP contribution in [0.1, 0.15) is 44.4 Å². The van der Waals surface area contributed by atoms with E-state index in [1.807, 2.05) is 35.8 Å². The largest absolute Gasteiger partial charge is 0.466 e. The number of hydrogen-bond donors (Lipinski definition) is 0. The number of esters is 1. The molecule has 4 aromatic rings. The maximum absolute atomic E-state index is 11.8. The summed E-state index contributed by atoms with van der Waals surface area (Å²) >= 11 is 0. The Labute approximate surface area is 188 Å². The summed E-state index contributed by atoms with van der Waals surface area (Å²) in [6, 6.07) is 14.5. The molecule has 0 saturated heterocycles. The Balaban J connectivity index is 1.83. The summed E-state index contributed by atoms with van der Waals surface area (Å²) in [6.07, 6.45) is 8.93. The lowest BCUT2D eigenvalue weighted by Gasteiger charge is -2.17. The Morgan fingerprint density at radius 3 is 2.59 bits per heavy atom. The first-order valence-electron chi connectivity index (χ1n) is 11.2. The van der Waals surface area contributed by atoms with Crippen molar-refractivity contribution in [1.82, 2.24) is 19.6 Å². The van der Waals surface area contributed by atoms with Gasteiger partial charge in [-0.3, -0.25) is 14.8 Å². The van der Waals surface area contributed by atoms with E-state index in [-0.39, 0.29) is 5.97 Å². The van der Waals surface area contributed by atoms with Gasteiger partial charge in [-0.15, -0.1) is 0 Å². The van der Waals surface area contributed by atoms with E-state index in [0.717, 1.165) is 65.0 Å². The zero-order valence-electron chi connectivity index (χ0n) is 18.6. The fraction of sp³-hybridized carbons (Fsp3) is 0.308. The van der Waals surface area contributed by atoms with Crippen LogP contribution in [0.5, 0.6) is 0 Å². The predicted molar refractivity (Wildman–Crippen MR) is 125 cm³/mol. The second-order valence-electron chi connectivity index (χ2n) is 7.65. The molecule has 0 saturated carbocycles. The number of nitrogens with zero attached hydrogens (tertiary/aromatic N) is 4. The number of ether oxygens (including phenoxy) is 1. The van der Waals surface area contributed by atoms with Crippen LogP contribution in [0.3, 0.4) is 0 Å². The number of carbonyl (C=O) groups is 1. The minimum absolute atomic E-state index is 0.141. The van der Waals surface area contributed by atoms with Gasteiger partial charge in [-0.05, 0) is 50.3 Å². The van der Waals surface area contributed by atoms with Gasteiger partial charge in [-0.1, -0.05) is 37.3 Å². The molecule has 0 spiro atoms. The van der Waals surface area contributed by atoms with Gasteiger partial charge in [-0.25, -0.2) is 4.52 Å². The molecule has 0 N–H and O–H groups in total. The molecule has 0 bridgehead atoms. The molecule has 0 atom stereocenters. The summed E-state index contributed by atoms with van der Waals surface area (Å²) < 4.78 is 7.12. The van der Waals surface area contributed by atoms with Crippen LogP contribution in [0, 0.1) is 0 Å². The third-order valence-corrected chi connectivity index (χ3v) is 5.57. The van der Waals surface area contributed by atoms with Crippen molar-refractivity contribution >= 4 is 11.5 Å². The molecule has 32 heavy (non-hydrogen) atoms. The molecule has 0 unspecified atom stereocenters. The monoisotopic (exact) mass is 428 g/mol. The van der Waals surface area contributed by atoms with E-state index in [2.05, 4.69) is 41.2 Å². The van der Waals surface area contributed by atoms with E-state index in [9.17, 15) is 4.79 Å². The molecule has 0 radical (unpaired) electrons. The fourth-order valence-electron chi connectivity index (χ4n) is 4.07. The molecule has 3 aromatic heterocycles. The van der Waals surface area contributed by atoms with Crippen molar-refractivity contribution in [3.8, 4) is 22.5 Å². The number of hydrogen-bond acceptors (Lipinski definition) is 5. The van der Waals surface area contributed by atoms with Crippen LogP contribution in [0.2, 0.25) is 0 Å². The number of aryl methyl sites for hydroxylation is 1.